The smallest absolute Gasteiger partial charge is 0.146 e. The van der Waals surface area contributed by atoms with E-state index in [0.717, 1.165) is 23.9 Å². The fourth-order valence-corrected chi connectivity index (χ4v) is 2.61. The molecule has 1 heterocycles. The van der Waals surface area contributed by atoms with Gasteiger partial charge in [-0.25, -0.2) is 4.39 Å². The number of likely N-dealkylation sites (tertiary alicyclic amines) is 1. The number of rotatable bonds is 2. The van der Waals surface area contributed by atoms with Crippen LogP contribution in [0, 0.1) is 5.82 Å². The van der Waals surface area contributed by atoms with E-state index in [1.165, 1.54) is 6.07 Å². The van der Waals surface area contributed by atoms with Gasteiger partial charge in [0, 0.05) is 23.1 Å². The third kappa shape index (κ3) is 3.19. The Morgan fingerprint density at radius 2 is 2.24 bits per heavy atom. The molecule has 1 aromatic rings. The Bertz CT molecular complexity index is 397. The summed E-state index contributed by atoms with van der Waals surface area (Å²) in [5.41, 5.74) is 0.598. The van der Waals surface area contributed by atoms with Crippen LogP contribution < -0.4 is 5.32 Å². The molecular weight excluding hydrogens is 283 g/mol. The Balaban J connectivity index is 2.03. The van der Waals surface area contributed by atoms with E-state index in [4.69, 9.17) is 0 Å². The zero-order valence-corrected chi connectivity index (χ0v) is 11.8. The van der Waals surface area contributed by atoms with Crippen LogP contribution in [0.15, 0.2) is 22.7 Å². The lowest BCUT2D eigenvalue weighted by atomic mass is 9.98. The second-order valence-corrected chi connectivity index (χ2v) is 5.74. The van der Waals surface area contributed by atoms with Gasteiger partial charge < -0.3 is 10.2 Å². The van der Waals surface area contributed by atoms with Crippen LogP contribution in [0.25, 0.3) is 0 Å². The largest absolute Gasteiger partial charge is 0.380 e. The van der Waals surface area contributed by atoms with E-state index in [0.29, 0.717) is 17.8 Å². The van der Waals surface area contributed by atoms with Crippen molar-refractivity contribution in [2.24, 2.45) is 0 Å². The molecule has 0 radical (unpaired) electrons. The van der Waals surface area contributed by atoms with E-state index in [1.54, 1.807) is 12.1 Å². The van der Waals surface area contributed by atoms with Crippen LogP contribution in [0.3, 0.4) is 0 Å². The van der Waals surface area contributed by atoms with Crippen LogP contribution >= 0.6 is 15.9 Å². The van der Waals surface area contributed by atoms with Gasteiger partial charge in [0.05, 0.1) is 5.69 Å². The van der Waals surface area contributed by atoms with Crippen molar-refractivity contribution in [2.45, 2.75) is 31.8 Å². The summed E-state index contributed by atoms with van der Waals surface area (Å²) in [6.07, 6.45) is 2.12. The van der Waals surface area contributed by atoms with Gasteiger partial charge in [-0.05, 0) is 45.0 Å². The summed E-state index contributed by atoms with van der Waals surface area (Å²) in [5, 5.41) is 3.31. The first kappa shape index (κ1) is 12.8. The summed E-state index contributed by atoms with van der Waals surface area (Å²) in [4.78, 5) is 2.34. The minimum Gasteiger partial charge on any atom is -0.380 e. The molecule has 2 rings (SSSR count). The van der Waals surface area contributed by atoms with Crippen molar-refractivity contribution in [1.29, 1.82) is 0 Å². The van der Waals surface area contributed by atoms with E-state index in [-0.39, 0.29) is 5.82 Å². The van der Waals surface area contributed by atoms with E-state index in [9.17, 15) is 4.39 Å². The van der Waals surface area contributed by atoms with Crippen LogP contribution in [-0.4, -0.2) is 30.6 Å². The maximum Gasteiger partial charge on any atom is 0.146 e. The van der Waals surface area contributed by atoms with Crippen molar-refractivity contribution in [3.05, 3.63) is 28.5 Å². The van der Waals surface area contributed by atoms with Crippen molar-refractivity contribution in [1.82, 2.24) is 4.90 Å². The van der Waals surface area contributed by atoms with Crippen LogP contribution in [-0.2, 0) is 0 Å². The molecule has 2 unspecified atom stereocenters. The Morgan fingerprint density at radius 1 is 1.47 bits per heavy atom. The van der Waals surface area contributed by atoms with E-state index < -0.39 is 0 Å². The van der Waals surface area contributed by atoms with Crippen LogP contribution in [0.1, 0.15) is 19.8 Å². The topological polar surface area (TPSA) is 15.3 Å². The predicted octanol–water partition coefficient (Wildman–Crippen LogP) is 3.48. The molecular formula is C13H18BrFN2. The fraction of sp³-hybridized carbons (Fsp3) is 0.538. The normalized spacial score (nSPS) is 25.9. The number of hydrogen-bond donors (Lipinski definition) is 1. The van der Waals surface area contributed by atoms with Gasteiger partial charge in [0.15, 0.2) is 0 Å². The molecule has 0 aliphatic carbocycles. The highest BCUT2D eigenvalue weighted by molar-refractivity contribution is 9.10. The molecule has 0 amide bonds. The third-order valence-corrected chi connectivity index (χ3v) is 3.99. The molecule has 0 bridgehead atoms. The van der Waals surface area contributed by atoms with E-state index in [1.807, 2.05) is 0 Å². The lowest BCUT2D eigenvalue weighted by Crippen LogP contribution is -2.42. The van der Waals surface area contributed by atoms with Crippen molar-refractivity contribution in [3.63, 3.8) is 0 Å². The highest BCUT2D eigenvalue weighted by Crippen LogP contribution is 2.24. The standard InChI is InChI=1S/C13H18BrFN2/c1-9-7-11(5-6-17(9)2)16-13-8-10(14)3-4-12(13)15/h3-4,8-9,11,16H,5-7H2,1-2H3. The second-order valence-electron chi connectivity index (χ2n) is 4.82. The van der Waals surface area contributed by atoms with Crippen LogP contribution in [0.2, 0.25) is 0 Å². The molecule has 1 N–H and O–H groups in total. The van der Waals surface area contributed by atoms with Crippen LogP contribution in [0.4, 0.5) is 10.1 Å². The van der Waals surface area contributed by atoms with Crippen molar-refractivity contribution in [3.8, 4) is 0 Å². The molecule has 1 fully saturated rings. The Kier molecular flexibility index (Phi) is 4.05. The van der Waals surface area contributed by atoms with Gasteiger partial charge in [-0.15, -0.1) is 0 Å². The molecule has 2 atom stereocenters. The van der Waals surface area contributed by atoms with Gasteiger partial charge in [0.2, 0.25) is 0 Å². The number of benzene rings is 1. The summed E-state index contributed by atoms with van der Waals surface area (Å²) in [7, 11) is 2.14. The first-order valence-electron chi connectivity index (χ1n) is 5.98. The molecule has 0 aromatic heterocycles. The average Bonchev–Trinajstić information content (AvgIpc) is 2.29. The van der Waals surface area contributed by atoms with Crippen molar-refractivity contribution >= 4 is 21.6 Å². The van der Waals surface area contributed by atoms with Gasteiger partial charge in [0.25, 0.3) is 0 Å². The summed E-state index contributed by atoms with van der Waals surface area (Å²) in [6.45, 7) is 3.28. The molecule has 1 aliphatic rings. The minimum absolute atomic E-state index is 0.181. The number of nitrogens with zero attached hydrogens (tertiary/aromatic N) is 1. The summed E-state index contributed by atoms with van der Waals surface area (Å²) in [5.74, 6) is -0.181. The first-order valence-corrected chi connectivity index (χ1v) is 6.77. The van der Waals surface area contributed by atoms with Crippen molar-refractivity contribution in [2.75, 3.05) is 18.9 Å². The quantitative estimate of drug-likeness (QED) is 0.899. The van der Waals surface area contributed by atoms with E-state index in [2.05, 4.69) is 40.1 Å². The molecule has 0 saturated carbocycles. The summed E-state index contributed by atoms with van der Waals surface area (Å²) >= 11 is 3.37. The third-order valence-electron chi connectivity index (χ3n) is 3.50. The van der Waals surface area contributed by atoms with Gasteiger partial charge >= 0.3 is 0 Å². The predicted molar refractivity (Wildman–Crippen MR) is 72.8 cm³/mol. The van der Waals surface area contributed by atoms with Crippen molar-refractivity contribution < 1.29 is 4.39 Å². The Morgan fingerprint density at radius 3 is 2.94 bits per heavy atom. The monoisotopic (exact) mass is 300 g/mol. The maximum absolute atomic E-state index is 13.6. The molecule has 1 saturated heterocycles. The number of halogens is 2. The molecule has 0 spiro atoms. The number of nitrogens with one attached hydrogen (secondary N) is 1. The highest BCUT2D eigenvalue weighted by atomic mass is 79.9. The molecule has 2 nitrogen and oxygen atoms in total. The SMILES string of the molecule is CC1CC(Nc2cc(Br)ccc2F)CCN1C. The lowest BCUT2D eigenvalue weighted by molar-refractivity contribution is 0.190. The fourth-order valence-electron chi connectivity index (χ4n) is 2.25. The van der Waals surface area contributed by atoms with E-state index >= 15 is 0 Å². The minimum atomic E-state index is -0.181. The lowest BCUT2D eigenvalue weighted by Gasteiger charge is -2.35. The number of hydrogen-bond acceptors (Lipinski definition) is 2. The van der Waals surface area contributed by atoms with Gasteiger partial charge in [-0.1, -0.05) is 15.9 Å². The van der Waals surface area contributed by atoms with Gasteiger partial charge in [0.1, 0.15) is 5.82 Å². The molecule has 1 aliphatic heterocycles. The van der Waals surface area contributed by atoms with Gasteiger partial charge in [-0.2, -0.15) is 0 Å². The molecule has 94 valence electrons. The maximum atomic E-state index is 13.6. The zero-order valence-electron chi connectivity index (χ0n) is 10.2. The molecule has 17 heavy (non-hydrogen) atoms. The highest BCUT2D eigenvalue weighted by Gasteiger charge is 2.23. The Labute approximate surface area is 110 Å². The molecule has 1 aromatic carbocycles. The van der Waals surface area contributed by atoms with Crippen LogP contribution in [0.5, 0.6) is 0 Å². The number of piperidine rings is 1. The van der Waals surface area contributed by atoms with Gasteiger partial charge in [-0.3, -0.25) is 0 Å². The first-order chi connectivity index (χ1) is 8.06. The summed E-state index contributed by atoms with van der Waals surface area (Å²) in [6, 6.07) is 5.93. The summed E-state index contributed by atoms with van der Waals surface area (Å²) < 4.78 is 14.5. The molecule has 4 heteroatoms. The Hall–Kier alpha value is -0.610. The zero-order chi connectivity index (χ0) is 12.4. The number of anilines is 1. The average molecular weight is 301 g/mol. The second kappa shape index (κ2) is 5.36.